The minimum absolute atomic E-state index is 0.0244. The van der Waals surface area contributed by atoms with Gasteiger partial charge in [-0.3, -0.25) is 9.10 Å². The number of ether oxygens (including phenoxy) is 1. The number of sulfonamides is 1. The van der Waals surface area contributed by atoms with Crippen molar-refractivity contribution in [1.29, 1.82) is 0 Å². The van der Waals surface area contributed by atoms with Crippen molar-refractivity contribution in [2.24, 2.45) is 0 Å². The van der Waals surface area contributed by atoms with E-state index in [2.05, 4.69) is 0 Å². The zero-order valence-corrected chi connectivity index (χ0v) is 21.3. The lowest BCUT2D eigenvalue weighted by Crippen LogP contribution is -2.35. The maximum absolute atomic E-state index is 13.3. The number of aryl methyl sites for hydroxylation is 2. The van der Waals surface area contributed by atoms with Crippen LogP contribution in [0, 0.1) is 0 Å². The molecule has 1 heterocycles. The molecule has 0 spiro atoms. The van der Waals surface area contributed by atoms with Crippen molar-refractivity contribution in [1.82, 2.24) is 0 Å². The van der Waals surface area contributed by atoms with E-state index in [4.69, 9.17) is 9.84 Å². The van der Waals surface area contributed by atoms with Gasteiger partial charge in [0.25, 0.3) is 10.0 Å². The molecule has 0 amide bonds. The number of carbonyl (C=O) groups is 1. The number of hydrogen-bond donors (Lipinski definition) is 2. The summed E-state index contributed by atoms with van der Waals surface area (Å²) in [5.74, 6) is -0.243. The van der Waals surface area contributed by atoms with Crippen molar-refractivity contribution in [3.8, 4) is 5.75 Å². The number of aliphatic hydroxyl groups excluding tert-OH is 1. The summed E-state index contributed by atoms with van der Waals surface area (Å²) in [6, 6.07) is 21.5. The fraction of sp³-hybridized carbons (Fsp3) is 0.276. The van der Waals surface area contributed by atoms with Gasteiger partial charge in [-0.15, -0.1) is 0 Å². The van der Waals surface area contributed by atoms with Gasteiger partial charge in [-0.25, -0.2) is 8.42 Å². The molecule has 7 nitrogen and oxygen atoms in total. The van der Waals surface area contributed by atoms with Crippen molar-refractivity contribution in [2.45, 2.75) is 43.1 Å². The first-order chi connectivity index (χ1) is 17.8. The topological polar surface area (TPSA) is 104 Å². The minimum Gasteiger partial charge on any atom is -0.493 e. The number of benzene rings is 3. The predicted molar refractivity (Wildman–Crippen MR) is 143 cm³/mol. The lowest BCUT2D eigenvalue weighted by Gasteiger charge is -2.30. The third kappa shape index (κ3) is 6.78. The molecule has 0 bridgehead atoms. The summed E-state index contributed by atoms with van der Waals surface area (Å²) in [5.41, 5.74) is 3.28. The molecule has 8 heteroatoms. The molecule has 0 radical (unpaired) electrons. The summed E-state index contributed by atoms with van der Waals surface area (Å²) in [6.07, 6.45) is 5.02. The van der Waals surface area contributed by atoms with Gasteiger partial charge < -0.3 is 14.9 Å². The van der Waals surface area contributed by atoms with Crippen molar-refractivity contribution in [3.05, 3.63) is 95.6 Å². The maximum Gasteiger partial charge on any atom is 0.303 e. The van der Waals surface area contributed by atoms with Gasteiger partial charge in [-0.2, -0.15) is 0 Å². The van der Waals surface area contributed by atoms with E-state index in [1.54, 1.807) is 48.6 Å². The van der Waals surface area contributed by atoms with Crippen molar-refractivity contribution < 1.29 is 28.2 Å². The molecule has 3 aromatic rings. The van der Waals surface area contributed by atoms with Crippen LogP contribution in [0.1, 0.15) is 36.0 Å². The van der Waals surface area contributed by atoms with E-state index in [0.717, 1.165) is 29.5 Å². The van der Waals surface area contributed by atoms with Crippen LogP contribution in [-0.2, 0) is 27.7 Å². The largest absolute Gasteiger partial charge is 0.493 e. The molecule has 0 saturated heterocycles. The summed E-state index contributed by atoms with van der Waals surface area (Å²) in [6.45, 7) is 0.689. The maximum atomic E-state index is 13.3. The zero-order chi connectivity index (χ0) is 26.3. The lowest BCUT2D eigenvalue weighted by molar-refractivity contribution is -0.136. The quantitative estimate of drug-likeness (QED) is 0.379. The Bertz CT molecular complexity index is 1350. The Morgan fingerprint density at radius 2 is 1.81 bits per heavy atom. The molecular formula is C29H31NO6S. The minimum atomic E-state index is -3.66. The molecule has 1 unspecified atom stereocenters. The number of hydrogen-bond acceptors (Lipinski definition) is 5. The fourth-order valence-electron chi connectivity index (χ4n) is 4.33. The number of para-hydroxylation sites is 1. The molecule has 1 aliphatic rings. The normalized spacial score (nSPS) is 14.4. The van der Waals surface area contributed by atoms with Crippen LogP contribution in [0.3, 0.4) is 0 Å². The Balaban J connectivity index is 1.40. The van der Waals surface area contributed by atoms with E-state index in [0.29, 0.717) is 30.8 Å². The molecular weight excluding hydrogens is 490 g/mol. The highest BCUT2D eigenvalue weighted by Crippen LogP contribution is 2.33. The Labute approximate surface area is 217 Å². The molecule has 3 aromatic carbocycles. The molecule has 194 valence electrons. The summed E-state index contributed by atoms with van der Waals surface area (Å²) >= 11 is 0. The second-order valence-corrected chi connectivity index (χ2v) is 10.8. The number of anilines is 1. The Hall–Kier alpha value is -3.62. The molecule has 37 heavy (non-hydrogen) atoms. The van der Waals surface area contributed by atoms with Crippen LogP contribution in [0.5, 0.6) is 5.75 Å². The Morgan fingerprint density at radius 3 is 2.59 bits per heavy atom. The predicted octanol–water partition coefficient (Wildman–Crippen LogP) is 4.69. The average molecular weight is 522 g/mol. The van der Waals surface area contributed by atoms with E-state index in [1.165, 1.54) is 4.31 Å². The highest BCUT2D eigenvalue weighted by molar-refractivity contribution is 7.92. The number of carboxylic acid groups (broad SMARTS) is 1. The third-order valence-corrected chi connectivity index (χ3v) is 8.11. The highest BCUT2D eigenvalue weighted by Gasteiger charge is 2.29. The number of aliphatic carboxylic acids is 1. The van der Waals surface area contributed by atoms with Crippen molar-refractivity contribution in [2.75, 3.05) is 17.5 Å². The van der Waals surface area contributed by atoms with Crippen LogP contribution < -0.4 is 9.04 Å². The first kappa shape index (κ1) is 26.4. The average Bonchev–Trinajstić information content (AvgIpc) is 2.91. The monoisotopic (exact) mass is 521 g/mol. The number of fused-ring (bicyclic) bond motifs is 1. The van der Waals surface area contributed by atoms with E-state index in [9.17, 15) is 18.3 Å². The SMILES string of the molecule is O=C(O)CCc1ccccc1OCCC(O)/C=C/c1ccc2c(c1)N(S(=O)(=O)c1ccccc1)CCC2. The summed E-state index contributed by atoms with van der Waals surface area (Å²) in [7, 11) is -3.66. The Morgan fingerprint density at radius 1 is 1.05 bits per heavy atom. The Kier molecular flexibility index (Phi) is 8.63. The molecule has 1 aliphatic heterocycles. The second-order valence-electron chi connectivity index (χ2n) is 8.95. The van der Waals surface area contributed by atoms with E-state index < -0.39 is 22.1 Å². The number of aliphatic hydroxyl groups is 1. The number of nitrogens with zero attached hydrogens (tertiary/aromatic N) is 1. The van der Waals surface area contributed by atoms with Crippen LogP contribution in [0.25, 0.3) is 6.08 Å². The molecule has 4 rings (SSSR count). The second kappa shape index (κ2) is 12.1. The van der Waals surface area contributed by atoms with Crippen LogP contribution >= 0.6 is 0 Å². The van der Waals surface area contributed by atoms with Crippen LogP contribution in [-0.4, -0.2) is 43.9 Å². The van der Waals surface area contributed by atoms with Crippen molar-refractivity contribution >= 4 is 27.8 Å². The summed E-state index contributed by atoms with van der Waals surface area (Å²) < 4.78 is 33.8. The zero-order valence-electron chi connectivity index (χ0n) is 20.5. The van der Waals surface area contributed by atoms with Gasteiger partial charge in [-0.05, 0) is 60.2 Å². The van der Waals surface area contributed by atoms with Crippen LogP contribution in [0.4, 0.5) is 5.69 Å². The van der Waals surface area contributed by atoms with E-state index >= 15 is 0 Å². The standard InChI is InChI=1S/C29H31NO6S/c31-25(18-20-36-28-11-5-4-7-24(28)15-17-29(32)33)16-13-22-12-14-23-8-6-19-30(27(23)21-22)37(34,35)26-9-2-1-3-10-26/h1-5,7,9-14,16,21,25,31H,6,8,15,17-20H2,(H,32,33)/b16-13+. The summed E-state index contributed by atoms with van der Waals surface area (Å²) in [5, 5.41) is 19.4. The molecule has 0 fully saturated rings. The fourth-order valence-corrected chi connectivity index (χ4v) is 5.89. The van der Waals surface area contributed by atoms with Gasteiger partial charge in [0.05, 0.1) is 23.3 Å². The molecule has 0 aromatic heterocycles. The highest BCUT2D eigenvalue weighted by atomic mass is 32.2. The van der Waals surface area contributed by atoms with E-state index in [1.807, 2.05) is 36.4 Å². The number of rotatable bonds is 11. The first-order valence-electron chi connectivity index (χ1n) is 12.3. The van der Waals surface area contributed by atoms with Gasteiger partial charge >= 0.3 is 5.97 Å². The summed E-state index contributed by atoms with van der Waals surface area (Å²) in [4.78, 5) is 11.1. The first-order valence-corrected chi connectivity index (χ1v) is 13.8. The number of carboxylic acids is 1. The van der Waals surface area contributed by atoms with Gasteiger partial charge in [0.2, 0.25) is 0 Å². The van der Waals surface area contributed by atoms with Gasteiger partial charge in [-0.1, -0.05) is 60.7 Å². The third-order valence-electron chi connectivity index (χ3n) is 6.28. The molecule has 2 N–H and O–H groups in total. The molecule has 0 saturated carbocycles. The van der Waals surface area contributed by atoms with Crippen LogP contribution in [0.15, 0.2) is 83.8 Å². The van der Waals surface area contributed by atoms with Gasteiger partial charge in [0, 0.05) is 19.4 Å². The lowest BCUT2D eigenvalue weighted by atomic mass is 10.0. The molecule has 1 atom stereocenters. The van der Waals surface area contributed by atoms with Crippen molar-refractivity contribution in [3.63, 3.8) is 0 Å². The van der Waals surface area contributed by atoms with Gasteiger partial charge in [0.1, 0.15) is 5.75 Å². The molecule has 0 aliphatic carbocycles. The van der Waals surface area contributed by atoms with E-state index in [-0.39, 0.29) is 17.9 Å². The van der Waals surface area contributed by atoms with Gasteiger partial charge in [0.15, 0.2) is 0 Å². The van der Waals surface area contributed by atoms with Crippen LogP contribution in [0.2, 0.25) is 0 Å². The smallest absolute Gasteiger partial charge is 0.303 e.